The second kappa shape index (κ2) is 12.5. The first-order valence-electron chi connectivity index (χ1n) is 11.5. The molecule has 0 unspecified atom stereocenters. The van der Waals surface area contributed by atoms with Gasteiger partial charge < -0.3 is 5.11 Å². The van der Waals surface area contributed by atoms with Crippen LogP contribution >= 0.6 is 122 Å². The number of benzene rings is 1. The Morgan fingerprint density at radius 3 is 2.15 bits per heavy atom. The van der Waals surface area contributed by atoms with Gasteiger partial charge in [-0.15, -0.1) is 0 Å². The highest BCUT2D eigenvalue weighted by Gasteiger charge is 2.47. The van der Waals surface area contributed by atoms with E-state index in [1.807, 2.05) is 0 Å². The molecule has 1 aromatic rings. The maximum atomic E-state index is 10.9. The van der Waals surface area contributed by atoms with E-state index in [-0.39, 0.29) is 10.8 Å². The minimum atomic E-state index is 0.139. The first-order valence-corrected chi connectivity index (χ1v) is 18.0. The molecule has 3 rings (SSSR count). The Labute approximate surface area is 271 Å². The number of phenols is 1. The summed E-state index contributed by atoms with van der Waals surface area (Å²) in [5, 5.41) is 10.9. The fourth-order valence-electron chi connectivity index (χ4n) is 5.94. The monoisotopic (exact) mass is 1030 g/mol. The standard InChI is InChI=1S/C26H32Br2I4O/c1-25(2)19(15(13-29)4-6-22(25)27)8-9-26(3)20(16(14-30)5-7-23(26)28)11-17-10-18(31)12-21(32)24(17)33/h10,12-14,19-20,22-23,33H,4-9,11H2,1-3H3/b15-13+,16-14+/t19-,20-,22+,23+,26+/m1/s1. The number of hydrogen-bond acceptors (Lipinski definition) is 1. The summed E-state index contributed by atoms with van der Waals surface area (Å²) in [6.45, 7) is 7.40. The SMILES string of the molecule is CC1(C)[C@H](CC[C@@]2(C)[C@H](Cc3cc(I)cc(I)c3O)/C(=C/I)CC[C@@H]2Br)/C(=C/I)CC[C@@H]1Br. The normalized spacial score (nSPS) is 34.7. The van der Waals surface area contributed by atoms with E-state index in [0.717, 1.165) is 22.0 Å². The third kappa shape index (κ3) is 6.52. The fourth-order valence-corrected chi connectivity index (χ4v) is 10.7. The molecular weight excluding hydrogens is 996 g/mol. The van der Waals surface area contributed by atoms with Crippen LogP contribution in [0.25, 0.3) is 0 Å². The quantitative estimate of drug-likeness (QED) is 0.230. The van der Waals surface area contributed by atoms with Gasteiger partial charge in [-0.2, -0.15) is 0 Å². The van der Waals surface area contributed by atoms with Gasteiger partial charge in [-0.05, 0) is 139 Å². The average Bonchev–Trinajstić information content (AvgIpc) is 2.76. The number of alkyl halides is 2. The van der Waals surface area contributed by atoms with Gasteiger partial charge in [0.15, 0.2) is 0 Å². The first-order chi connectivity index (χ1) is 15.4. The van der Waals surface area contributed by atoms with Crippen molar-refractivity contribution in [3.8, 4) is 5.75 Å². The second-order valence-corrected chi connectivity index (χ2v) is 16.3. The highest BCUT2D eigenvalue weighted by Crippen LogP contribution is 2.56. The van der Waals surface area contributed by atoms with Crippen molar-refractivity contribution < 1.29 is 5.11 Å². The lowest BCUT2D eigenvalue weighted by Crippen LogP contribution is -2.44. The summed E-state index contributed by atoms with van der Waals surface area (Å²) in [5.74, 6) is 1.49. The van der Waals surface area contributed by atoms with Crippen LogP contribution in [-0.2, 0) is 6.42 Å². The van der Waals surface area contributed by atoms with Crippen LogP contribution in [0, 0.1) is 29.8 Å². The van der Waals surface area contributed by atoms with Gasteiger partial charge in [-0.1, -0.05) is 109 Å². The van der Waals surface area contributed by atoms with Crippen LogP contribution < -0.4 is 0 Å². The van der Waals surface area contributed by atoms with Crippen molar-refractivity contribution in [2.24, 2.45) is 22.7 Å². The van der Waals surface area contributed by atoms with Crippen molar-refractivity contribution in [1.29, 1.82) is 0 Å². The zero-order valence-electron chi connectivity index (χ0n) is 19.3. The molecule has 5 atom stereocenters. The summed E-state index contributed by atoms with van der Waals surface area (Å²) in [4.78, 5) is 1.05. The van der Waals surface area contributed by atoms with E-state index in [9.17, 15) is 5.11 Å². The molecule has 2 fully saturated rings. The minimum Gasteiger partial charge on any atom is -0.507 e. The maximum absolute atomic E-state index is 10.9. The molecule has 2 saturated carbocycles. The zero-order valence-corrected chi connectivity index (χ0v) is 31.1. The second-order valence-electron chi connectivity index (χ2n) is 10.5. The molecule has 2 aliphatic carbocycles. The van der Waals surface area contributed by atoms with E-state index in [4.69, 9.17) is 0 Å². The Morgan fingerprint density at radius 2 is 1.55 bits per heavy atom. The number of phenolic OH excluding ortho intramolecular Hbond substituents is 1. The van der Waals surface area contributed by atoms with E-state index in [2.05, 4.69) is 163 Å². The molecule has 1 aromatic carbocycles. The van der Waals surface area contributed by atoms with Gasteiger partial charge in [0.1, 0.15) is 5.75 Å². The van der Waals surface area contributed by atoms with Crippen molar-refractivity contribution in [1.82, 2.24) is 0 Å². The van der Waals surface area contributed by atoms with Crippen LogP contribution in [0.4, 0.5) is 0 Å². The molecule has 33 heavy (non-hydrogen) atoms. The van der Waals surface area contributed by atoms with Gasteiger partial charge >= 0.3 is 0 Å². The highest BCUT2D eigenvalue weighted by molar-refractivity contribution is 14.1. The number of rotatable bonds is 5. The first kappa shape index (κ1) is 29.9. The topological polar surface area (TPSA) is 20.2 Å². The van der Waals surface area contributed by atoms with Crippen molar-refractivity contribution in [3.05, 3.63) is 44.1 Å². The number of hydrogen-bond donors (Lipinski definition) is 1. The van der Waals surface area contributed by atoms with Crippen molar-refractivity contribution in [3.63, 3.8) is 0 Å². The van der Waals surface area contributed by atoms with Crippen molar-refractivity contribution in [2.75, 3.05) is 0 Å². The molecule has 2 aliphatic rings. The van der Waals surface area contributed by atoms with E-state index >= 15 is 0 Å². The fraction of sp³-hybridized carbons (Fsp3) is 0.615. The molecule has 0 heterocycles. The van der Waals surface area contributed by atoms with Crippen molar-refractivity contribution in [2.45, 2.75) is 75.4 Å². The lowest BCUT2D eigenvalue weighted by molar-refractivity contribution is 0.118. The van der Waals surface area contributed by atoms with Crippen LogP contribution in [0.3, 0.4) is 0 Å². The van der Waals surface area contributed by atoms with Gasteiger partial charge in [-0.25, -0.2) is 0 Å². The number of aromatic hydroxyl groups is 1. The Bertz CT molecular complexity index is 929. The van der Waals surface area contributed by atoms with Gasteiger partial charge in [-0.3, -0.25) is 0 Å². The minimum absolute atomic E-state index is 0.139. The molecule has 1 N–H and O–H groups in total. The Morgan fingerprint density at radius 1 is 0.970 bits per heavy atom. The molecule has 0 bridgehead atoms. The smallest absolute Gasteiger partial charge is 0.132 e. The predicted octanol–water partition coefficient (Wildman–Crippen LogP) is 10.9. The summed E-state index contributed by atoms with van der Waals surface area (Å²) in [6, 6.07) is 4.24. The van der Waals surface area contributed by atoms with Crippen molar-refractivity contribution >= 4 is 122 Å². The third-order valence-corrected chi connectivity index (χ3v) is 14.5. The number of halogens is 6. The molecule has 0 radical (unpaired) electrons. The van der Waals surface area contributed by atoms with Crippen LogP contribution in [0.15, 0.2) is 31.4 Å². The third-order valence-electron chi connectivity index (χ3n) is 8.27. The highest BCUT2D eigenvalue weighted by atomic mass is 127. The van der Waals surface area contributed by atoms with E-state index in [0.29, 0.717) is 27.2 Å². The maximum Gasteiger partial charge on any atom is 0.132 e. The van der Waals surface area contributed by atoms with Crippen LogP contribution in [0.1, 0.15) is 64.9 Å². The average molecular weight is 1030 g/mol. The number of allylic oxidation sites excluding steroid dienone is 2. The molecule has 7 heteroatoms. The van der Waals surface area contributed by atoms with Gasteiger partial charge in [0, 0.05) is 13.2 Å². The summed E-state index contributed by atoms with van der Waals surface area (Å²) in [7, 11) is 0. The lowest BCUT2D eigenvalue weighted by Gasteiger charge is -2.50. The summed E-state index contributed by atoms with van der Waals surface area (Å²) in [5.41, 5.74) is 4.66. The van der Waals surface area contributed by atoms with Gasteiger partial charge in [0.05, 0.1) is 3.57 Å². The summed E-state index contributed by atoms with van der Waals surface area (Å²) in [6.07, 6.45) is 8.05. The Balaban J connectivity index is 1.94. The summed E-state index contributed by atoms with van der Waals surface area (Å²) < 4.78 is 6.83. The largest absolute Gasteiger partial charge is 0.507 e. The van der Waals surface area contributed by atoms with E-state index in [1.54, 1.807) is 11.1 Å². The Hall–Kier alpha value is 2.38. The molecule has 0 aromatic heterocycles. The summed E-state index contributed by atoms with van der Waals surface area (Å²) >= 11 is 17.7. The van der Waals surface area contributed by atoms with Gasteiger partial charge in [0.2, 0.25) is 0 Å². The van der Waals surface area contributed by atoms with Gasteiger partial charge in [0.25, 0.3) is 0 Å². The molecular formula is C26H32Br2I4O. The van der Waals surface area contributed by atoms with Crippen LogP contribution in [0.5, 0.6) is 5.75 Å². The molecule has 0 aliphatic heterocycles. The molecule has 0 spiro atoms. The predicted molar refractivity (Wildman–Crippen MR) is 183 cm³/mol. The molecule has 1 nitrogen and oxygen atoms in total. The van der Waals surface area contributed by atoms with E-state index < -0.39 is 0 Å². The van der Waals surface area contributed by atoms with Crippen LogP contribution in [-0.4, -0.2) is 14.8 Å². The lowest BCUT2D eigenvalue weighted by atomic mass is 9.58. The zero-order chi connectivity index (χ0) is 24.6. The molecule has 0 amide bonds. The molecule has 0 saturated heterocycles. The van der Waals surface area contributed by atoms with E-state index in [1.165, 1.54) is 35.7 Å². The molecule has 184 valence electrons. The van der Waals surface area contributed by atoms with Crippen LogP contribution in [0.2, 0.25) is 0 Å². The Kier molecular flexibility index (Phi) is 11.3.